The van der Waals surface area contributed by atoms with Crippen LogP contribution in [0.2, 0.25) is 0 Å². The fourth-order valence-corrected chi connectivity index (χ4v) is 17.8. The second-order valence-electron chi connectivity index (χ2n) is 29.7. The van der Waals surface area contributed by atoms with Crippen molar-refractivity contribution < 1.29 is 0 Å². The first kappa shape index (κ1) is 62.9. The SMILES string of the molecule is C1=CC2C(=C1)C(Cc1ccc(CC3CCCCC3)cc1)=CC=C2c1ccc2c(c1)CCC2.C1=CC2C(C3=CCC=C3)=CC=C(Cc3ccc(C4CCCCC4)cc3)C2=C1.CCCc1ccc(C2=CC=C(Cc3ccc(C4CCC(C(C)C)CC4)cc3)C3=CC=CC32)cc1. The molecule has 0 radical (unpaired) electrons. The Balaban J connectivity index is 0.000000122. The quantitative estimate of drug-likeness (QED) is 0.0924. The molecular formula is C93H102. The maximum Gasteiger partial charge on any atom is 0.0281 e. The zero-order valence-corrected chi connectivity index (χ0v) is 56.5. The molecule has 0 N–H and O–H groups in total. The van der Waals surface area contributed by atoms with Gasteiger partial charge < -0.3 is 0 Å². The summed E-state index contributed by atoms with van der Waals surface area (Å²) in [6, 6.07) is 45.0. The Labute approximate surface area is 560 Å². The molecule has 0 bridgehead atoms. The third kappa shape index (κ3) is 14.9. The molecule has 0 amide bonds. The zero-order valence-electron chi connectivity index (χ0n) is 56.5. The van der Waals surface area contributed by atoms with Crippen LogP contribution in [0, 0.1) is 35.5 Å². The second-order valence-corrected chi connectivity index (χ2v) is 29.7. The summed E-state index contributed by atoms with van der Waals surface area (Å²) in [4.78, 5) is 0. The number of allylic oxidation sites excluding steroid dienone is 28. The number of hydrogen-bond acceptors (Lipinski definition) is 0. The van der Waals surface area contributed by atoms with Crippen LogP contribution >= 0.6 is 0 Å². The minimum Gasteiger partial charge on any atom is -0.0801 e. The van der Waals surface area contributed by atoms with E-state index in [1.807, 2.05) is 0 Å². The minimum absolute atomic E-state index is 0.396. The van der Waals surface area contributed by atoms with Crippen LogP contribution in [0.15, 0.2) is 269 Å². The van der Waals surface area contributed by atoms with Crippen molar-refractivity contribution in [1.29, 1.82) is 0 Å². The van der Waals surface area contributed by atoms with Crippen molar-refractivity contribution in [1.82, 2.24) is 0 Å². The molecule has 93 heavy (non-hydrogen) atoms. The lowest BCUT2D eigenvalue weighted by atomic mass is 9.74. The van der Waals surface area contributed by atoms with Crippen LogP contribution in [0.1, 0.15) is 203 Å². The van der Waals surface area contributed by atoms with Gasteiger partial charge in [0.25, 0.3) is 0 Å². The molecular weight excluding hydrogens is 1120 g/mol. The summed E-state index contributed by atoms with van der Waals surface area (Å²) in [6.45, 7) is 7.03. The number of fused-ring (bicyclic) bond motifs is 4. The van der Waals surface area contributed by atoms with E-state index in [-0.39, 0.29) is 0 Å². The first-order chi connectivity index (χ1) is 45.8. The summed E-state index contributed by atoms with van der Waals surface area (Å²) in [7, 11) is 0. The van der Waals surface area contributed by atoms with E-state index in [1.54, 1.807) is 22.3 Å². The molecule has 3 saturated carbocycles. The lowest BCUT2D eigenvalue weighted by Crippen LogP contribution is -2.17. The molecule has 0 aliphatic heterocycles. The Hall–Kier alpha value is -7.54. The monoisotopic (exact) mass is 1220 g/mol. The first-order valence-corrected chi connectivity index (χ1v) is 37.1. The van der Waals surface area contributed by atoms with Gasteiger partial charge in [-0.25, -0.2) is 0 Å². The van der Waals surface area contributed by atoms with E-state index in [0.29, 0.717) is 17.8 Å². The first-order valence-electron chi connectivity index (χ1n) is 37.1. The Morgan fingerprint density at radius 1 is 0.398 bits per heavy atom. The molecule has 11 aliphatic rings. The van der Waals surface area contributed by atoms with Crippen molar-refractivity contribution in [3.8, 4) is 0 Å². The molecule has 0 aromatic heterocycles. The lowest BCUT2D eigenvalue weighted by molar-refractivity contribution is 0.259. The number of aryl methyl sites for hydroxylation is 3. The largest absolute Gasteiger partial charge is 0.0801 e. The van der Waals surface area contributed by atoms with Gasteiger partial charge in [0.15, 0.2) is 0 Å². The van der Waals surface area contributed by atoms with Crippen LogP contribution in [0.5, 0.6) is 0 Å². The van der Waals surface area contributed by atoms with Gasteiger partial charge in [0.2, 0.25) is 0 Å². The topological polar surface area (TPSA) is 0 Å². The highest BCUT2D eigenvalue weighted by Crippen LogP contribution is 2.46. The summed E-state index contributed by atoms with van der Waals surface area (Å²) in [6.07, 6.45) is 73.2. The van der Waals surface area contributed by atoms with Crippen LogP contribution < -0.4 is 0 Å². The van der Waals surface area contributed by atoms with Gasteiger partial charge in [-0.2, -0.15) is 0 Å². The van der Waals surface area contributed by atoms with Crippen molar-refractivity contribution in [3.05, 3.63) is 330 Å². The molecule has 5 aromatic carbocycles. The summed E-state index contributed by atoms with van der Waals surface area (Å²) >= 11 is 0. The van der Waals surface area contributed by atoms with Crippen LogP contribution in [-0.4, -0.2) is 0 Å². The average Bonchev–Trinajstić information content (AvgIpc) is 1.79. The van der Waals surface area contributed by atoms with Crippen molar-refractivity contribution >= 4 is 11.1 Å². The van der Waals surface area contributed by atoms with E-state index < -0.39 is 0 Å². The van der Waals surface area contributed by atoms with Crippen molar-refractivity contribution in [2.45, 2.75) is 187 Å². The standard InChI is InChI=1S/C34H40.C32H34.C27H28/c1-4-6-25-9-15-30(16-10-25)33-22-21-31(32-7-5-8-34(32)33)23-26-11-13-28(14-12-26)29-19-17-27(18-20-29)24(2)3;1-2-6-23(7-3-1)20-24-12-14-25(15-13-24)21-28-18-19-31(32-11-5-10-30(28)32)29-17-16-26-8-4-9-27(26)22-29;1-2-7-21(8-3-1)22-15-13-20(14-16-22)19-24-17-18-26(23-9-4-5-10-23)27-12-6-11-25(24)27/h5,7-16,21-22,24,27,29,34H,4,6,17-20,23H2,1-3H3;5,10-19,22-23,32H,1-4,6-9,20-21H2;4,6,9-18,21,27H,1-3,5,7-8,19H2. The van der Waals surface area contributed by atoms with E-state index in [1.165, 1.54) is 217 Å². The van der Waals surface area contributed by atoms with Gasteiger partial charge in [-0.3, -0.25) is 0 Å². The predicted molar refractivity (Wildman–Crippen MR) is 397 cm³/mol. The van der Waals surface area contributed by atoms with E-state index >= 15 is 0 Å². The summed E-state index contributed by atoms with van der Waals surface area (Å²) in [5.41, 5.74) is 30.9. The summed E-state index contributed by atoms with van der Waals surface area (Å²) in [5, 5.41) is 0. The van der Waals surface area contributed by atoms with Gasteiger partial charge in [0, 0.05) is 17.8 Å². The number of benzene rings is 5. The Kier molecular flexibility index (Phi) is 20.2. The van der Waals surface area contributed by atoms with Gasteiger partial charge in [-0.05, 0) is 243 Å². The van der Waals surface area contributed by atoms with E-state index in [9.17, 15) is 0 Å². The third-order valence-corrected chi connectivity index (χ3v) is 23.3. The summed E-state index contributed by atoms with van der Waals surface area (Å²) < 4.78 is 0. The highest BCUT2D eigenvalue weighted by Gasteiger charge is 2.31. The van der Waals surface area contributed by atoms with Crippen LogP contribution in [0.3, 0.4) is 0 Å². The van der Waals surface area contributed by atoms with E-state index in [4.69, 9.17) is 0 Å². The molecule has 0 nitrogen and oxygen atoms in total. The second kappa shape index (κ2) is 29.8. The maximum atomic E-state index is 2.46. The Bertz CT molecular complexity index is 3920. The van der Waals surface area contributed by atoms with Gasteiger partial charge in [-0.1, -0.05) is 303 Å². The molecule has 16 rings (SSSR count). The molecule has 474 valence electrons. The summed E-state index contributed by atoms with van der Waals surface area (Å²) in [5.74, 6) is 5.50. The molecule has 3 atom stereocenters. The molecule has 3 unspecified atom stereocenters. The highest BCUT2D eigenvalue weighted by atomic mass is 14.3. The molecule has 3 fully saturated rings. The van der Waals surface area contributed by atoms with Gasteiger partial charge in [0.05, 0.1) is 0 Å². The normalized spacial score (nSPS) is 23.5. The van der Waals surface area contributed by atoms with Gasteiger partial charge >= 0.3 is 0 Å². The highest BCUT2D eigenvalue weighted by molar-refractivity contribution is 5.80. The van der Waals surface area contributed by atoms with Crippen molar-refractivity contribution in [2.24, 2.45) is 35.5 Å². The molecule has 0 heteroatoms. The van der Waals surface area contributed by atoms with Crippen LogP contribution in [0.25, 0.3) is 11.1 Å². The number of rotatable bonds is 16. The van der Waals surface area contributed by atoms with Gasteiger partial charge in [-0.15, -0.1) is 0 Å². The fraction of sp³-hybridized carbons (Fsp3) is 0.376. The van der Waals surface area contributed by atoms with E-state index in [0.717, 1.165) is 61.7 Å². The predicted octanol–water partition coefficient (Wildman–Crippen LogP) is 24.4. The van der Waals surface area contributed by atoms with Crippen molar-refractivity contribution in [2.75, 3.05) is 0 Å². The number of hydrogen-bond donors (Lipinski definition) is 0. The smallest absolute Gasteiger partial charge is 0.0281 e. The van der Waals surface area contributed by atoms with Crippen LogP contribution in [-0.2, 0) is 44.9 Å². The lowest BCUT2D eigenvalue weighted by Gasteiger charge is -2.31. The maximum absolute atomic E-state index is 2.46. The Morgan fingerprint density at radius 3 is 1.41 bits per heavy atom. The zero-order chi connectivity index (χ0) is 62.9. The average molecular weight is 1220 g/mol. The van der Waals surface area contributed by atoms with Crippen LogP contribution in [0.4, 0.5) is 0 Å². The molecule has 0 saturated heterocycles. The van der Waals surface area contributed by atoms with Gasteiger partial charge in [0.1, 0.15) is 0 Å². The van der Waals surface area contributed by atoms with Crippen molar-refractivity contribution in [3.63, 3.8) is 0 Å². The third-order valence-electron chi connectivity index (χ3n) is 23.3. The molecule has 5 aromatic rings. The molecule has 0 heterocycles. The fourth-order valence-electron chi connectivity index (χ4n) is 17.8. The Morgan fingerprint density at radius 2 is 0.871 bits per heavy atom. The minimum atomic E-state index is 0.396. The van der Waals surface area contributed by atoms with E-state index in [2.05, 4.69) is 245 Å². The molecule has 11 aliphatic carbocycles. The molecule has 0 spiro atoms.